The Balaban J connectivity index is 1.97. The second-order valence-corrected chi connectivity index (χ2v) is 7.16. The Kier molecular flexibility index (Phi) is 4.17. The molecule has 0 bridgehead atoms. The van der Waals surface area contributed by atoms with Gasteiger partial charge in [0.25, 0.3) is 0 Å². The summed E-state index contributed by atoms with van der Waals surface area (Å²) < 4.78 is 0.782. The summed E-state index contributed by atoms with van der Waals surface area (Å²) in [6, 6.07) is 16.5. The Labute approximate surface area is 160 Å². The number of hydrogen-bond acceptors (Lipinski definition) is 4. The summed E-state index contributed by atoms with van der Waals surface area (Å²) in [6.07, 6.45) is 1.59. The smallest absolute Gasteiger partial charge is 0.138 e. The van der Waals surface area contributed by atoms with E-state index < -0.39 is 0 Å². The zero-order valence-electron chi connectivity index (χ0n) is 14.5. The lowest BCUT2D eigenvalue weighted by atomic mass is 9.97. The molecule has 4 aromatic rings. The number of fused-ring (bicyclic) bond motifs is 1. The van der Waals surface area contributed by atoms with Crippen LogP contribution in [0.5, 0.6) is 0 Å². The third kappa shape index (κ3) is 2.95. The Morgan fingerprint density at radius 2 is 1.62 bits per heavy atom. The topological polar surface area (TPSA) is 64.7 Å². The minimum absolute atomic E-state index is 0.477. The zero-order chi connectivity index (χ0) is 18.3. The van der Waals surface area contributed by atoms with Crippen LogP contribution in [0.4, 0.5) is 5.82 Å². The van der Waals surface area contributed by atoms with E-state index in [1.807, 2.05) is 19.1 Å². The van der Waals surface area contributed by atoms with E-state index in [1.165, 1.54) is 5.56 Å². The van der Waals surface area contributed by atoms with Crippen molar-refractivity contribution >= 4 is 32.7 Å². The number of halogens is 1. The molecule has 0 saturated heterocycles. The lowest BCUT2D eigenvalue weighted by molar-refractivity contribution is 1.15. The van der Waals surface area contributed by atoms with Crippen molar-refractivity contribution in [1.82, 2.24) is 15.0 Å². The van der Waals surface area contributed by atoms with E-state index >= 15 is 0 Å². The van der Waals surface area contributed by atoms with Gasteiger partial charge in [-0.2, -0.15) is 0 Å². The fourth-order valence-electron chi connectivity index (χ4n) is 3.01. The van der Waals surface area contributed by atoms with Gasteiger partial charge in [-0.15, -0.1) is 0 Å². The van der Waals surface area contributed by atoms with Gasteiger partial charge in [0.1, 0.15) is 12.1 Å². The van der Waals surface area contributed by atoms with Crippen LogP contribution < -0.4 is 5.73 Å². The maximum Gasteiger partial charge on any atom is 0.138 e. The monoisotopic (exact) mass is 404 g/mol. The van der Waals surface area contributed by atoms with E-state index in [1.54, 1.807) is 6.33 Å². The van der Waals surface area contributed by atoms with Crippen molar-refractivity contribution in [2.75, 3.05) is 5.73 Å². The van der Waals surface area contributed by atoms with Gasteiger partial charge in [0.15, 0.2) is 0 Å². The highest BCUT2D eigenvalue weighted by Gasteiger charge is 2.14. The van der Waals surface area contributed by atoms with Gasteiger partial charge >= 0.3 is 0 Å². The molecule has 2 N–H and O–H groups in total. The first kappa shape index (κ1) is 16.7. The fourth-order valence-corrected chi connectivity index (χ4v) is 3.33. The molecule has 0 saturated carbocycles. The largest absolute Gasteiger partial charge is 0.383 e. The Morgan fingerprint density at radius 3 is 2.38 bits per heavy atom. The summed E-state index contributed by atoms with van der Waals surface area (Å²) in [5.74, 6) is 0.477. The molecule has 0 atom stereocenters. The molecule has 2 aromatic carbocycles. The molecule has 0 spiro atoms. The van der Waals surface area contributed by atoms with Gasteiger partial charge in [-0.25, -0.2) is 15.0 Å². The molecule has 4 nitrogen and oxygen atoms in total. The average molecular weight is 405 g/mol. The molecular weight excluding hydrogens is 388 g/mol. The lowest BCUT2D eigenvalue weighted by Crippen LogP contribution is -1.97. The molecule has 0 aliphatic rings. The highest BCUT2D eigenvalue weighted by molar-refractivity contribution is 9.10. The first-order valence-electron chi connectivity index (χ1n) is 8.28. The van der Waals surface area contributed by atoms with Gasteiger partial charge in [-0.1, -0.05) is 35.9 Å². The Hall–Kier alpha value is -2.79. The van der Waals surface area contributed by atoms with Crippen LogP contribution in [0.1, 0.15) is 11.3 Å². The number of nitrogens with two attached hydrogens (primary N) is 1. The molecule has 26 heavy (non-hydrogen) atoms. The Bertz CT molecular complexity index is 1120. The molecule has 0 radical (unpaired) electrons. The van der Waals surface area contributed by atoms with Gasteiger partial charge in [-0.05, 0) is 53.5 Å². The van der Waals surface area contributed by atoms with Crippen molar-refractivity contribution in [2.24, 2.45) is 0 Å². The van der Waals surface area contributed by atoms with Crippen molar-refractivity contribution in [3.8, 4) is 22.4 Å². The zero-order valence-corrected chi connectivity index (χ0v) is 16.1. The fraction of sp³-hybridized carbons (Fsp3) is 0.0952. The van der Waals surface area contributed by atoms with E-state index in [-0.39, 0.29) is 0 Å². The second kappa shape index (κ2) is 6.50. The molecule has 0 unspecified atom stereocenters. The molecular formula is C21H17BrN4. The standard InChI is InChI=1S/C21H17BrN4/c1-12-3-5-14(6-4-12)20-17(10-18(22)21(23)26-20)15-7-8-19-16(9-15)13(2)24-11-25-19/h3-11H,1-2H3,(H2,23,26). The van der Waals surface area contributed by atoms with E-state index in [9.17, 15) is 0 Å². The first-order valence-corrected chi connectivity index (χ1v) is 9.07. The maximum absolute atomic E-state index is 6.07. The van der Waals surface area contributed by atoms with Crippen molar-refractivity contribution in [3.05, 3.63) is 70.6 Å². The Morgan fingerprint density at radius 1 is 0.885 bits per heavy atom. The molecule has 2 heterocycles. The quantitative estimate of drug-likeness (QED) is 0.490. The predicted molar refractivity (Wildman–Crippen MR) is 110 cm³/mol. The van der Waals surface area contributed by atoms with Crippen LogP contribution in [0.15, 0.2) is 59.3 Å². The number of anilines is 1. The van der Waals surface area contributed by atoms with E-state index in [4.69, 9.17) is 5.73 Å². The number of nitrogens with zero attached hydrogens (tertiary/aromatic N) is 3. The van der Waals surface area contributed by atoms with Crippen LogP contribution >= 0.6 is 15.9 Å². The van der Waals surface area contributed by atoms with Crippen LogP contribution in [0.3, 0.4) is 0 Å². The summed E-state index contributed by atoms with van der Waals surface area (Å²) in [5.41, 5.74) is 13.1. The molecule has 4 rings (SSSR count). The van der Waals surface area contributed by atoms with E-state index in [0.29, 0.717) is 5.82 Å². The predicted octanol–water partition coefficient (Wildman–Crippen LogP) is 5.32. The number of rotatable bonds is 2. The molecule has 0 aliphatic heterocycles. The first-order chi connectivity index (χ1) is 12.5. The van der Waals surface area contributed by atoms with Crippen LogP contribution in [0.25, 0.3) is 33.3 Å². The van der Waals surface area contributed by atoms with Crippen molar-refractivity contribution < 1.29 is 0 Å². The number of nitrogen functional groups attached to an aromatic ring is 1. The second-order valence-electron chi connectivity index (χ2n) is 6.31. The molecule has 128 valence electrons. The van der Waals surface area contributed by atoms with Crippen LogP contribution in [0.2, 0.25) is 0 Å². The van der Waals surface area contributed by atoms with E-state index in [2.05, 4.69) is 74.2 Å². The highest BCUT2D eigenvalue weighted by atomic mass is 79.9. The van der Waals surface area contributed by atoms with Gasteiger partial charge in [0.2, 0.25) is 0 Å². The lowest BCUT2D eigenvalue weighted by Gasteiger charge is -2.13. The van der Waals surface area contributed by atoms with Crippen molar-refractivity contribution in [3.63, 3.8) is 0 Å². The minimum Gasteiger partial charge on any atom is -0.383 e. The number of pyridine rings is 1. The van der Waals surface area contributed by atoms with Gasteiger partial charge < -0.3 is 5.73 Å². The number of aryl methyl sites for hydroxylation is 2. The molecule has 0 fully saturated rings. The summed E-state index contributed by atoms with van der Waals surface area (Å²) in [5, 5.41) is 1.04. The summed E-state index contributed by atoms with van der Waals surface area (Å²) in [6.45, 7) is 4.06. The number of hydrogen-bond donors (Lipinski definition) is 1. The van der Waals surface area contributed by atoms with Gasteiger partial charge in [0.05, 0.1) is 15.7 Å². The van der Waals surface area contributed by atoms with Crippen molar-refractivity contribution in [2.45, 2.75) is 13.8 Å². The van der Waals surface area contributed by atoms with Crippen LogP contribution in [-0.4, -0.2) is 15.0 Å². The van der Waals surface area contributed by atoms with E-state index in [0.717, 1.165) is 43.5 Å². The number of aromatic nitrogens is 3. The highest BCUT2D eigenvalue weighted by Crippen LogP contribution is 2.36. The van der Waals surface area contributed by atoms with Gasteiger partial charge in [-0.3, -0.25) is 0 Å². The maximum atomic E-state index is 6.07. The molecule has 2 aromatic heterocycles. The van der Waals surface area contributed by atoms with Crippen LogP contribution in [-0.2, 0) is 0 Å². The molecule has 0 amide bonds. The summed E-state index contributed by atoms with van der Waals surface area (Å²) >= 11 is 3.51. The minimum atomic E-state index is 0.477. The third-order valence-electron chi connectivity index (χ3n) is 4.47. The SMILES string of the molecule is Cc1ccc(-c2nc(N)c(Br)cc2-c2ccc3ncnc(C)c3c2)cc1. The molecule has 5 heteroatoms. The summed E-state index contributed by atoms with van der Waals surface area (Å²) in [7, 11) is 0. The number of benzene rings is 2. The van der Waals surface area contributed by atoms with Crippen LogP contribution in [0, 0.1) is 13.8 Å². The average Bonchev–Trinajstić information content (AvgIpc) is 2.64. The third-order valence-corrected chi connectivity index (χ3v) is 5.11. The molecule has 0 aliphatic carbocycles. The van der Waals surface area contributed by atoms with Crippen molar-refractivity contribution in [1.29, 1.82) is 0 Å². The van der Waals surface area contributed by atoms with Gasteiger partial charge in [0, 0.05) is 22.2 Å². The normalized spacial score (nSPS) is 11.0. The summed E-state index contributed by atoms with van der Waals surface area (Å²) in [4.78, 5) is 13.3.